The van der Waals surface area contributed by atoms with Gasteiger partial charge in [0.15, 0.2) is 0 Å². The van der Waals surface area contributed by atoms with Crippen LogP contribution in [-0.4, -0.2) is 17.6 Å². The van der Waals surface area contributed by atoms with E-state index >= 15 is 0 Å². The van der Waals surface area contributed by atoms with Gasteiger partial charge >= 0.3 is 5.51 Å². The van der Waals surface area contributed by atoms with Crippen molar-refractivity contribution >= 4 is 39.8 Å². The zero-order valence-electron chi connectivity index (χ0n) is 9.12. The van der Waals surface area contributed by atoms with Crippen LogP contribution in [0.1, 0.15) is 27.7 Å². The summed E-state index contributed by atoms with van der Waals surface area (Å²) in [4.78, 5) is 21.2. The van der Waals surface area contributed by atoms with Gasteiger partial charge in [0.1, 0.15) is 12.1 Å². The Morgan fingerprint density at radius 1 is 1.44 bits per heavy atom. The minimum atomic E-state index is -4.40. The quantitative estimate of drug-likeness (QED) is 0.469. The summed E-state index contributed by atoms with van der Waals surface area (Å²) in [6.07, 6.45) is 0.509. The molecule has 0 amide bonds. The van der Waals surface area contributed by atoms with Crippen LogP contribution in [-0.2, 0) is 4.79 Å². The lowest BCUT2D eigenvalue weighted by molar-refractivity contribution is -0.116. The lowest BCUT2D eigenvalue weighted by atomic mass is 10.0. The zero-order valence-corrected chi connectivity index (χ0v) is 11.5. The second-order valence-corrected chi connectivity index (χ2v) is 5.48. The van der Waals surface area contributed by atoms with Crippen LogP contribution < -0.4 is 0 Å². The Balaban J connectivity index is 3.17. The van der Waals surface area contributed by atoms with Crippen LogP contribution in [0.3, 0.4) is 0 Å². The van der Waals surface area contributed by atoms with E-state index in [1.807, 2.05) is 0 Å². The van der Waals surface area contributed by atoms with E-state index in [0.29, 0.717) is 6.29 Å². The maximum atomic E-state index is 12.2. The number of benzene rings is 1. The van der Waals surface area contributed by atoms with E-state index in [-0.39, 0.29) is 33.6 Å². The normalized spacial score (nSPS) is 13.2. The van der Waals surface area contributed by atoms with Crippen molar-refractivity contribution in [3.8, 4) is 0 Å². The minimum absolute atomic E-state index is 0.0613. The molecule has 0 spiro atoms. The molecule has 0 N–H and O–H groups in total. The van der Waals surface area contributed by atoms with Gasteiger partial charge in [-0.05, 0) is 36.4 Å². The number of halogens is 4. The van der Waals surface area contributed by atoms with E-state index in [2.05, 4.69) is 15.9 Å². The van der Waals surface area contributed by atoms with Gasteiger partial charge in [-0.1, -0.05) is 22.0 Å². The van der Waals surface area contributed by atoms with E-state index in [1.165, 1.54) is 25.1 Å². The summed E-state index contributed by atoms with van der Waals surface area (Å²) in [7, 11) is 0. The fourth-order valence-corrected chi connectivity index (χ4v) is 2.28. The van der Waals surface area contributed by atoms with Crippen molar-refractivity contribution < 1.29 is 22.8 Å². The highest BCUT2D eigenvalue weighted by Gasteiger charge is 2.30. The Morgan fingerprint density at radius 2 is 2.06 bits per heavy atom. The van der Waals surface area contributed by atoms with Gasteiger partial charge < -0.3 is 0 Å². The van der Waals surface area contributed by atoms with Gasteiger partial charge in [-0.15, -0.1) is 0 Å². The van der Waals surface area contributed by atoms with Crippen molar-refractivity contribution in [1.82, 2.24) is 0 Å². The van der Waals surface area contributed by atoms with E-state index in [9.17, 15) is 22.8 Å². The van der Waals surface area contributed by atoms with Crippen LogP contribution in [0.25, 0.3) is 0 Å². The molecule has 0 saturated heterocycles. The van der Waals surface area contributed by atoms with Gasteiger partial charge in [0, 0.05) is 10.5 Å². The maximum Gasteiger partial charge on any atom is 0.446 e. The third-order valence-electron chi connectivity index (χ3n) is 2.05. The largest absolute Gasteiger partial charge is 0.446 e. The molecule has 7 heteroatoms. The Labute approximate surface area is 114 Å². The van der Waals surface area contributed by atoms with Crippen molar-refractivity contribution in [1.29, 1.82) is 0 Å². The van der Waals surface area contributed by atoms with Crippen molar-refractivity contribution in [2.45, 2.75) is 22.2 Å². The van der Waals surface area contributed by atoms with E-state index < -0.39 is 10.3 Å². The highest BCUT2D eigenvalue weighted by Crippen LogP contribution is 2.39. The number of Topliss-reactive ketones (excluding diaryl/α,β-unsaturated/α-hetero) is 1. The molecule has 1 unspecified atom stereocenters. The monoisotopic (exact) mass is 340 g/mol. The van der Waals surface area contributed by atoms with Crippen LogP contribution in [0.15, 0.2) is 23.1 Å². The molecule has 1 aromatic rings. The number of aldehydes is 1. The fraction of sp³-hybridized carbons (Fsp3) is 0.273. The molecule has 0 heterocycles. The van der Waals surface area contributed by atoms with Crippen LogP contribution in [0, 0.1) is 0 Å². The standard InChI is InChI=1S/C11H8BrF3O2S/c1-6(17)10(12)9-4-8(18-11(13,14)15)3-2-7(9)5-16/h2-5,10H,1H3. The molecule has 0 aliphatic rings. The highest BCUT2D eigenvalue weighted by molar-refractivity contribution is 9.09. The first-order valence-electron chi connectivity index (χ1n) is 4.74. The van der Waals surface area contributed by atoms with E-state index in [4.69, 9.17) is 0 Å². The summed E-state index contributed by atoms with van der Waals surface area (Å²) in [5.74, 6) is -0.285. The first-order valence-corrected chi connectivity index (χ1v) is 6.47. The number of hydrogen-bond acceptors (Lipinski definition) is 3. The predicted molar refractivity (Wildman–Crippen MR) is 66.1 cm³/mol. The third kappa shape index (κ3) is 4.13. The molecule has 98 valence electrons. The number of carbonyl (C=O) groups excluding carboxylic acids is 2. The summed E-state index contributed by atoms with van der Waals surface area (Å²) in [6.45, 7) is 1.29. The molecule has 0 aliphatic carbocycles. The number of ketones is 1. The molecule has 2 nitrogen and oxygen atoms in total. The SMILES string of the molecule is CC(=O)C(Br)c1cc(SC(F)(F)F)ccc1C=O. The lowest BCUT2D eigenvalue weighted by Gasteiger charge is -2.12. The molecule has 0 aliphatic heterocycles. The van der Waals surface area contributed by atoms with Crippen molar-refractivity contribution in [3.63, 3.8) is 0 Å². The lowest BCUT2D eigenvalue weighted by Crippen LogP contribution is -2.06. The number of carbonyl (C=O) groups is 2. The molecule has 0 bridgehead atoms. The van der Waals surface area contributed by atoms with Gasteiger partial charge in [-0.2, -0.15) is 13.2 Å². The average molecular weight is 341 g/mol. The molecule has 18 heavy (non-hydrogen) atoms. The Kier molecular flexibility index (Phi) is 4.98. The Morgan fingerprint density at radius 3 is 2.50 bits per heavy atom. The molecule has 0 fully saturated rings. The molecule has 1 rings (SSSR count). The van der Waals surface area contributed by atoms with Crippen LogP contribution in [0.4, 0.5) is 13.2 Å². The topological polar surface area (TPSA) is 34.1 Å². The summed E-state index contributed by atoms with van der Waals surface area (Å²) in [5, 5.41) is 0. The Bertz CT molecular complexity index is 474. The van der Waals surface area contributed by atoms with Crippen LogP contribution >= 0.6 is 27.7 Å². The second-order valence-electron chi connectivity index (χ2n) is 3.43. The maximum absolute atomic E-state index is 12.2. The fourth-order valence-electron chi connectivity index (χ4n) is 1.30. The number of hydrogen-bond donors (Lipinski definition) is 0. The van der Waals surface area contributed by atoms with Gasteiger partial charge in [0.2, 0.25) is 0 Å². The smallest absolute Gasteiger partial charge is 0.298 e. The van der Waals surface area contributed by atoms with Gasteiger partial charge in [0.25, 0.3) is 0 Å². The molecule has 0 saturated carbocycles. The number of alkyl halides is 4. The van der Waals surface area contributed by atoms with Gasteiger partial charge in [0.05, 0.1) is 4.83 Å². The highest BCUT2D eigenvalue weighted by atomic mass is 79.9. The van der Waals surface area contributed by atoms with Gasteiger partial charge in [-0.25, -0.2) is 0 Å². The average Bonchev–Trinajstić information content (AvgIpc) is 2.25. The number of thioether (sulfide) groups is 1. The zero-order chi connectivity index (χ0) is 13.9. The summed E-state index contributed by atoms with van der Waals surface area (Å²) < 4.78 is 36.7. The summed E-state index contributed by atoms with van der Waals surface area (Å²) in [6, 6.07) is 3.67. The molecule has 0 aromatic heterocycles. The van der Waals surface area contributed by atoms with Gasteiger partial charge in [-0.3, -0.25) is 9.59 Å². The first-order chi connectivity index (χ1) is 8.24. The number of rotatable bonds is 4. The van der Waals surface area contributed by atoms with Crippen molar-refractivity contribution in [2.24, 2.45) is 0 Å². The predicted octanol–water partition coefficient (Wildman–Crippen LogP) is 4.14. The summed E-state index contributed by atoms with van der Waals surface area (Å²) >= 11 is 2.77. The Hall–Kier alpha value is -0.820. The molecule has 1 aromatic carbocycles. The second kappa shape index (κ2) is 5.88. The summed E-state index contributed by atoms with van der Waals surface area (Å²) in [5.41, 5.74) is -3.97. The van der Waals surface area contributed by atoms with Crippen LogP contribution in [0.5, 0.6) is 0 Å². The minimum Gasteiger partial charge on any atom is -0.298 e. The molecule has 1 atom stereocenters. The molecule has 0 radical (unpaired) electrons. The molecular weight excluding hydrogens is 333 g/mol. The first kappa shape index (κ1) is 15.2. The van der Waals surface area contributed by atoms with Crippen LogP contribution in [0.2, 0.25) is 0 Å². The van der Waals surface area contributed by atoms with Crippen molar-refractivity contribution in [2.75, 3.05) is 0 Å². The van der Waals surface area contributed by atoms with Crippen molar-refractivity contribution in [3.05, 3.63) is 29.3 Å². The molecular formula is C11H8BrF3O2S. The van der Waals surface area contributed by atoms with E-state index in [0.717, 1.165) is 0 Å². The van der Waals surface area contributed by atoms with E-state index in [1.54, 1.807) is 0 Å². The third-order valence-corrected chi connectivity index (χ3v) is 3.91.